The molecule has 1 rings (SSSR count). The van der Waals surface area contributed by atoms with Crippen molar-refractivity contribution in [3.05, 3.63) is 35.4 Å². The van der Waals surface area contributed by atoms with E-state index in [1.807, 2.05) is 39.0 Å². The summed E-state index contributed by atoms with van der Waals surface area (Å²) in [4.78, 5) is 11.7. The van der Waals surface area contributed by atoms with Crippen LogP contribution in [0.2, 0.25) is 0 Å². The highest BCUT2D eigenvalue weighted by Crippen LogP contribution is 2.18. The van der Waals surface area contributed by atoms with Gasteiger partial charge in [0.2, 0.25) is 0 Å². The van der Waals surface area contributed by atoms with Gasteiger partial charge in [0.1, 0.15) is 0 Å². The molecule has 0 N–H and O–H groups in total. The predicted molar refractivity (Wildman–Crippen MR) is 76.9 cm³/mol. The molecule has 0 atom stereocenters. The van der Waals surface area contributed by atoms with E-state index in [0.29, 0.717) is 12.2 Å². The Morgan fingerprint density at radius 1 is 1.17 bits per heavy atom. The van der Waals surface area contributed by atoms with Crippen LogP contribution in [0.15, 0.2) is 24.3 Å². The molecule has 0 amide bonds. The maximum absolute atomic E-state index is 11.7. The van der Waals surface area contributed by atoms with E-state index < -0.39 is 0 Å². The molecule has 0 aliphatic carbocycles. The van der Waals surface area contributed by atoms with E-state index in [4.69, 9.17) is 4.74 Å². The Balaban J connectivity index is 0.00000137. The van der Waals surface area contributed by atoms with Crippen molar-refractivity contribution in [3.63, 3.8) is 0 Å². The zero-order valence-electron chi connectivity index (χ0n) is 12.5. The highest BCUT2D eigenvalue weighted by atomic mass is 16.5. The van der Waals surface area contributed by atoms with E-state index in [1.165, 1.54) is 0 Å². The second-order valence-corrected chi connectivity index (χ2v) is 5.26. The van der Waals surface area contributed by atoms with Gasteiger partial charge in [0, 0.05) is 0 Å². The van der Waals surface area contributed by atoms with Gasteiger partial charge in [0.25, 0.3) is 0 Å². The Kier molecular flexibility index (Phi) is 7.33. The van der Waals surface area contributed by atoms with E-state index in [0.717, 1.165) is 12.0 Å². The van der Waals surface area contributed by atoms with Crippen molar-refractivity contribution < 1.29 is 9.53 Å². The smallest absolute Gasteiger partial charge is 0.338 e. The average molecular weight is 250 g/mol. The summed E-state index contributed by atoms with van der Waals surface area (Å²) in [7, 11) is 0. The highest BCUT2D eigenvalue weighted by Gasteiger charge is 2.13. The first kappa shape index (κ1) is 16.7. The number of hydrogen-bond donors (Lipinski definition) is 0. The summed E-state index contributed by atoms with van der Waals surface area (Å²) < 4.78 is 5.25. The standard InChI is InChI=1S/C14H20O2.C2H6/c1-11-7-5-6-8-12(11)13(15)16-10-9-14(2,3)4;1-2/h5-8H,9-10H2,1-4H3;1-2H3. The summed E-state index contributed by atoms with van der Waals surface area (Å²) in [6, 6.07) is 7.49. The molecule has 0 spiro atoms. The van der Waals surface area contributed by atoms with E-state index in [9.17, 15) is 4.79 Å². The molecule has 0 radical (unpaired) electrons. The van der Waals surface area contributed by atoms with Gasteiger partial charge in [-0.25, -0.2) is 4.79 Å². The average Bonchev–Trinajstić information content (AvgIpc) is 2.30. The molecule has 0 saturated heterocycles. The number of hydrogen-bond acceptors (Lipinski definition) is 2. The van der Waals surface area contributed by atoms with Gasteiger partial charge in [-0.15, -0.1) is 0 Å². The first-order valence-corrected chi connectivity index (χ1v) is 6.63. The number of benzene rings is 1. The van der Waals surface area contributed by atoms with E-state index in [2.05, 4.69) is 20.8 Å². The minimum Gasteiger partial charge on any atom is -0.462 e. The molecule has 18 heavy (non-hydrogen) atoms. The second kappa shape index (κ2) is 7.91. The largest absolute Gasteiger partial charge is 0.462 e. The number of carbonyl (C=O) groups excluding carboxylic acids is 1. The van der Waals surface area contributed by atoms with Crippen LogP contribution in [0.3, 0.4) is 0 Å². The van der Waals surface area contributed by atoms with Crippen LogP contribution in [0.1, 0.15) is 57.0 Å². The zero-order chi connectivity index (χ0) is 14.2. The summed E-state index contributed by atoms with van der Waals surface area (Å²) in [6.07, 6.45) is 0.880. The van der Waals surface area contributed by atoms with Crippen molar-refractivity contribution in [1.82, 2.24) is 0 Å². The third-order valence-electron chi connectivity index (χ3n) is 2.45. The van der Waals surface area contributed by atoms with Crippen molar-refractivity contribution >= 4 is 5.97 Å². The van der Waals surface area contributed by atoms with Gasteiger partial charge < -0.3 is 4.74 Å². The summed E-state index contributed by atoms with van der Waals surface area (Å²) in [5, 5.41) is 0. The van der Waals surface area contributed by atoms with Crippen molar-refractivity contribution in [2.24, 2.45) is 5.41 Å². The molecule has 0 aliphatic rings. The van der Waals surface area contributed by atoms with Crippen LogP contribution >= 0.6 is 0 Å². The van der Waals surface area contributed by atoms with Crippen molar-refractivity contribution in [3.8, 4) is 0 Å². The monoisotopic (exact) mass is 250 g/mol. The summed E-state index contributed by atoms with van der Waals surface area (Å²) in [6.45, 7) is 12.8. The normalized spacial score (nSPS) is 10.3. The Morgan fingerprint density at radius 2 is 1.72 bits per heavy atom. The van der Waals surface area contributed by atoms with Crippen molar-refractivity contribution in [2.45, 2.75) is 48.0 Å². The van der Waals surface area contributed by atoms with Crippen molar-refractivity contribution in [2.75, 3.05) is 6.61 Å². The number of aryl methyl sites for hydroxylation is 1. The molecule has 1 aromatic rings. The molecule has 1 aromatic carbocycles. The highest BCUT2D eigenvalue weighted by molar-refractivity contribution is 5.90. The third-order valence-corrected chi connectivity index (χ3v) is 2.45. The zero-order valence-corrected chi connectivity index (χ0v) is 12.5. The Bertz CT molecular complexity index is 362. The van der Waals surface area contributed by atoms with Gasteiger partial charge in [0.05, 0.1) is 12.2 Å². The molecule has 0 saturated carbocycles. The molecule has 0 heterocycles. The number of carbonyl (C=O) groups is 1. The quantitative estimate of drug-likeness (QED) is 0.732. The lowest BCUT2D eigenvalue weighted by atomic mass is 9.93. The van der Waals surface area contributed by atoms with E-state index >= 15 is 0 Å². The van der Waals surface area contributed by atoms with E-state index in [-0.39, 0.29) is 11.4 Å². The predicted octanol–water partition coefficient (Wildman–Crippen LogP) is 4.61. The molecule has 0 bridgehead atoms. The van der Waals surface area contributed by atoms with Crippen molar-refractivity contribution in [1.29, 1.82) is 0 Å². The molecule has 0 unspecified atom stereocenters. The Hall–Kier alpha value is -1.31. The first-order valence-electron chi connectivity index (χ1n) is 6.63. The maximum Gasteiger partial charge on any atom is 0.338 e. The van der Waals surface area contributed by atoms with E-state index in [1.54, 1.807) is 6.07 Å². The number of esters is 1. The number of rotatable bonds is 3. The van der Waals surface area contributed by atoms with Crippen LogP contribution in [0, 0.1) is 12.3 Å². The minimum absolute atomic E-state index is 0.200. The van der Waals surface area contributed by atoms with Crippen LogP contribution in [-0.4, -0.2) is 12.6 Å². The topological polar surface area (TPSA) is 26.3 Å². The lowest BCUT2D eigenvalue weighted by Crippen LogP contribution is -2.13. The molecule has 0 fully saturated rings. The van der Waals surface area contributed by atoms with Gasteiger partial charge in [-0.1, -0.05) is 52.8 Å². The van der Waals surface area contributed by atoms with Gasteiger partial charge in [-0.2, -0.15) is 0 Å². The van der Waals surface area contributed by atoms with Gasteiger partial charge in [-0.3, -0.25) is 0 Å². The van der Waals surface area contributed by atoms with Gasteiger partial charge >= 0.3 is 5.97 Å². The summed E-state index contributed by atoms with van der Waals surface area (Å²) in [5.41, 5.74) is 1.83. The number of ether oxygens (including phenoxy) is 1. The fourth-order valence-electron chi connectivity index (χ4n) is 1.33. The second-order valence-electron chi connectivity index (χ2n) is 5.26. The minimum atomic E-state index is -0.220. The van der Waals surface area contributed by atoms with Crippen LogP contribution in [0.25, 0.3) is 0 Å². The molecular weight excluding hydrogens is 224 g/mol. The molecular formula is C16H26O2. The Morgan fingerprint density at radius 3 is 2.22 bits per heavy atom. The molecule has 102 valence electrons. The van der Waals surface area contributed by atoms with Crippen LogP contribution in [-0.2, 0) is 4.74 Å². The fourth-order valence-corrected chi connectivity index (χ4v) is 1.33. The molecule has 0 aliphatic heterocycles. The lowest BCUT2D eigenvalue weighted by Gasteiger charge is -2.17. The van der Waals surface area contributed by atoms with Crippen LogP contribution in [0.4, 0.5) is 0 Å². The maximum atomic E-state index is 11.7. The Labute approximate surface area is 111 Å². The first-order chi connectivity index (χ1) is 8.40. The third kappa shape index (κ3) is 6.43. The van der Waals surface area contributed by atoms with Gasteiger partial charge in [-0.05, 0) is 30.4 Å². The molecule has 2 heteroatoms. The van der Waals surface area contributed by atoms with Crippen LogP contribution < -0.4 is 0 Å². The SMILES string of the molecule is CC.Cc1ccccc1C(=O)OCCC(C)(C)C. The summed E-state index contributed by atoms with van der Waals surface area (Å²) in [5.74, 6) is -0.220. The summed E-state index contributed by atoms with van der Waals surface area (Å²) >= 11 is 0. The van der Waals surface area contributed by atoms with Crippen LogP contribution in [0.5, 0.6) is 0 Å². The molecule has 0 aromatic heterocycles. The van der Waals surface area contributed by atoms with Gasteiger partial charge in [0.15, 0.2) is 0 Å². The fraction of sp³-hybridized carbons (Fsp3) is 0.562. The molecule has 2 nitrogen and oxygen atoms in total. The lowest BCUT2D eigenvalue weighted by molar-refractivity contribution is 0.0464.